The van der Waals surface area contributed by atoms with Crippen molar-refractivity contribution in [3.63, 3.8) is 0 Å². The minimum atomic E-state index is -0.442. The molecular formula is C19H20ClN5O2. The van der Waals surface area contributed by atoms with Crippen LogP contribution in [0.15, 0.2) is 48.7 Å². The molecule has 2 heterocycles. The van der Waals surface area contributed by atoms with E-state index in [1.807, 2.05) is 35.7 Å². The number of nitrogens with one attached hydrogen (secondary N) is 2. The summed E-state index contributed by atoms with van der Waals surface area (Å²) in [7, 11) is 0. The van der Waals surface area contributed by atoms with E-state index in [4.69, 9.17) is 11.6 Å². The van der Waals surface area contributed by atoms with Gasteiger partial charge in [-0.05, 0) is 36.8 Å². The molecule has 0 saturated carbocycles. The lowest BCUT2D eigenvalue weighted by molar-refractivity contribution is -0.123. The normalized spacial score (nSPS) is 13.1. The Kier molecular flexibility index (Phi) is 5.71. The molecule has 0 fully saturated rings. The van der Waals surface area contributed by atoms with Gasteiger partial charge < -0.3 is 10.6 Å². The van der Waals surface area contributed by atoms with Crippen molar-refractivity contribution in [3.05, 3.63) is 65.1 Å². The number of carbonyl (C=O) groups is 2. The van der Waals surface area contributed by atoms with Gasteiger partial charge in [0.2, 0.25) is 11.8 Å². The van der Waals surface area contributed by atoms with Crippen LogP contribution in [0.3, 0.4) is 0 Å². The lowest BCUT2D eigenvalue weighted by Crippen LogP contribution is -2.34. The molecule has 0 bridgehead atoms. The second-order valence-corrected chi connectivity index (χ2v) is 6.72. The third-order valence-electron chi connectivity index (χ3n) is 4.14. The molecule has 2 N–H and O–H groups in total. The van der Waals surface area contributed by atoms with E-state index >= 15 is 0 Å². The minimum Gasteiger partial charge on any atom is -0.349 e. The molecule has 7 nitrogen and oxygen atoms in total. The molecule has 0 aliphatic heterocycles. The van der Waals surface area contributed by atoms with Crippen LogP contribution in [0.25, 0.3) is 5.65 Å². The van der Waals surface area contributed by atoms with Crippen LogP contribution in [0.4, 0.5) is 0 Å². The van der Waals surface area contributed by atoms with E-state index in [1.54, 1.807) is 24.3 Å². The summed E-state index contributed by atoms with van der Waals surface area (Å²) >= 11 is 5.92. The Morgan fingerprint density at radius 2 is 1.85 bits per heavy atom. The minimum absolute atomic E-state index is 0.0995. The van der Waals surface area contributed by atoms with Crippen LogP contribution in [0, 0.1) is 0 Å². The Bertz CT molecular complexity index is 954. The highest BCUT2D eigenvalue weighted by Crippen LogP contribution is 2.20. The number of pyridine rings is 1. The van der Waals surface area contributed by atoms with Crippen LogP contribution >= 0.6 is 11.6 Å². The van der Waals surface area contributed by atoms with E-state index in [0.29, 0.717) is 16.5 Å². The lowest BCUT2D eigenvalue weighted by atomic mass is 10.0. The summed E-state index contributed by atoms with van der Waals surface area (Å²) in [4.78, 5) is 24.1. The van der Waals surface area contributed by atoms with Crippen LogP contribution < -0.4 is 10.6 Å². The number of halogens is 1. The van der Waals surface area contributed by atoms with Gasteiger partial charge in [0.05, 0.1) is 18.5 Å². The quantitative estimate of drug-likeness (QED) is 0.682. The van der Waals surface area contributed by atoms with E-state index < -0.39 is 6.04 Å². The first kappa shape index (κ1) is 18.8. The third-order valence-corrected chi connectivity index (χ3v) is 4.40. The highest BCUT2D eigenvalue weighted by atomic mass is 35.5. The number of amides is 2. The molecule has 3 rings (SSSR count). The topological polar surface area (TPSA) is 88.4 Å². The lowest BCUT2D eigenvalue weighted by Gasteiger charge is -2.19. The molecule has 0 aliphatic carbocycles. The van der Waals surface area contributed by atoms with Gasteiger partial charge in [0.15, 0.2) is 11.5 Å². The predicted molar refractivity (Wildman–Crippen MR) is 102 cm³/mol. The molecule has 140 valence electrons. The standard InChI is InChI=1S/C19H20ClN5O2/c1-12(19-24-23-17-5-3-4-10-25(17)19)21-18(27)11-16(22-13(2)26)14-6-8-15(20)9-7-14/h3-10,12,16H,11H2,1-2H3,(H,21,27)(H,22,26). The van der Waals surface area contributed by atoms with Crippen molar-refractivity contribution in [2.24, 2.45) is 0 Å². The van der Waals surface area contributed by atoms with Crippen LogP contribution in [0.5, 0.6) is 0 Å². The zero-order valence-corrected chi connectivity index (χ0v) is 15.8. The molecule has 8 heteroatoms. The first-order chi connectivity index (χ1) is 12.9. The Morgan fingerprint density at radius 1 is 1.11 bits per heavy atom. The number of hydrogen-bond acceptors (Lipinski definition) is 4. The van der Waals surface area contributed by atoms with Gasteiger partial charge in [0.25, 0.3) is 0 Å². The van der Waals surface area contributed by atoms with Gasteiger partial charge in [-0.25, -0.2) is 0 Å². The van der Waals surface area contributed by atoms with Crippen molar-refractivity contribution >= 4 is 29.1 Å². The molecular weight excluding hydrogens is 366 g/mol. The zero-order valence-electron chi connectivity index (χ0n) is 15.0. The van der Waals surface area contributed by atoms with Crippen LogP contribution in [-0.2, 0) is 9.59 Å². The van der Waals surface area contributed by atoms with Gasteiger partial charge >= 0.3 is 0 Å². The number of benzene rings is 1. The number of nitrogens with zero attached hydrogens (tertiary/aromatic N) is 3. The molecule has 0 aliphatic rings. The second kappa shape index (κ2) is 8.18. The monoisotopic (exact) mass is 385 g/mol. The largest absolute Gasteiger partial charge is 0.349 e. The highest BCUT2D eigenvalue weighted by molar-refractivity contribution is 6.30. The van der Waals surface area contributed by atoms with Crippen LogP contribution in [0.2, 0.25) is 5.02 Å². The summed E-state index contributed by atoms with van der Waals surface area (Å²) in [5.74, 6) is 0.227. The molecule has 3 aromatic rings. The number of rotatable bonds is 6. The molecule has 0 spiro atoms. The number of aromatic nitrogens is 3. The fourth-order valence-electron chi connectivity index (χ4n) is 2.90. The van der Waals surface area contributed by atoms with Gasteiger partial charge in [-0.1, -0.05) is 29.8 Å². The van der Waals surface area contributed by atoms with E-state index in [0.717, 1.165) is 5.56 Å². The smallest absolute Gasteiger partial charge is 0.222 e. The Morgan fingerprint density at radius 3 is 2.56 bits per heavy atom. The summed E-state index contributed by atoms with van der Waals surface area (Å²) in [5, 5.41) is 14.6. The van der Waals surface area contributed by atoms with Crippen molar-refractivity contribution in [2.75, 3.05) is 0 Å². The molecule has 2 unspecified atom stereocenters. The fraction of sp³-hybridized carbons (Fsp3) is 0.263. The number of carbonyl (C=O) groups excluding carboxylic acids is 2. The van der Waals surface area contributed by atoms with Gasteiger partial charge in [-0.2, -0.15) is 0 Å². The zero-order chi connectivity index (χ0) is 19.4. The van der Waals surface area contributed by atoms with E-state index in [-0.39, 0.29) is 24.3 Å². The van der Waals surface area contributed by atoms with E-state index in [9.17, 15) is 9.59 Å². The Balaban J connectivity index is 1.71. The van der Waals surface area contributed by atoms with Crippen molar-refractivity contribution in [1.29, 1.82) is 0 Å². The first-order valence-electron chi connectivity index (χ1n) is 8.55. The molecule has 1 aromatic carbocycles. The summed E-state index contributed by atoms with van der Waals surface area (Å²) < 4.78 is 1.83. The molecule has 2 aromatic heterocycles. The Labute approximate surface area is 161 Å². The third kappa shape index (κ3) is 4.62. The van der Waals surface area contributed by atoms with Crippen molar-refractivity contribution in [3.8, 4) is 0 Å². The molecule has 0 saturated heterocycles. The average molecular weight is 386 g/mol. The molecule has 2 atom stereocenters. The van der Waals surface area contributed by atoms with Crippen molar-refractivity contribution < 1.29 is 9.59 Å². The first-order valence-corrected chi connectivity index (χ1v) is 8.93. The van der Waals surface area contributed by atoms with Crippen LogP contribution in [-0.4, -0.2) is 26.4 Å². The van der Waals surface area contributed by atoms with Crippen LogP contribution in [0.1, 0.15) is 43.7 Å². The van der Waals surface area contributed by atoms with Crippen molar-refractivity contribution in [2.45, 2.75) is 32.4 Å². The Hall–Kier alpha value is -2.93. The number of fused-ring (bicyclic) bond motifs is 1. The maximum absolute atomic E-state index is 12.6. The molecule has 27 heavy (non-hydrogen) atoms. The second-order valence-electron chi connectivity index (χ2n) is 6.29. The number of hydrogen-bond donors (Lipinski definition) is 2. The summed E-state index contributed by atoms with van der Waals surface area (Å²) in [6.07, 6.45) is 1.95. The maximum atomic E-state index is 12.6. The van der Waals surface area contributed by atoms with Gasteiger partial charge in [-0.3, -0.25) is 14.0 Å². The van der Waals surface area contributed by atoms with Gasteiger partial charge in [-0.15, -0.1) is 10.2 Å². The maximum Gasteiger partial charge on any atom is 0.222 e. The van der Waals surface area contributed by atoms with E-state index in [1.165, 1.54) is 6.92 Å². The molecule has 2 amide bonds. The summed E-state index contributed by atoms with van der Waals surface area (Å²) in [6.45, 7) is 3.27. The average Bonchev–Trinajstić information content (AvgIpc) is 3.05. The predicted octanol–water partition coefficient (Wildman–Crippen LogP) is 2.83. The fourth-order valence-corrected chi connectivity index (χ4v) is 3.02. The van der Waals surface area contributed by atoms with E-state index in [2.05, 4.69) is 20.8 Å². The van der Waals surface area contributed by atoms with Gasteiger partial charge in [0, 0.05) is 18.1 Å². The van der Waals surface area contributed by atoms with Crippen molar-refractivity contribution in [1.82, 2.24) is 25.2 Å². The summed E-state index contributed by atoms with van der Waals surface area (Å²) in [6, 6.07) is 11.9. The summed E-state index contributed by atoms with van der Waals surface area (Å²) in [5.41, 5.74) is 1.52. The SMILES string of the molecule is CC(=O)NC(CC(=O)NC(C)c1nnc2ccccn12)c1ccc(Cl)cc1. The molecule has 0 radical (unpaired) electrons. The highest BCUT2D eigenvalue weighted by Gasteiger charge is 2.20. The van der Waals surface area contributed by atoms with Gasteiger partial charge in [0.1, 0.15) is 0 Å².